The number of carbonyl (C=O) groups is 1. The summed E-state index contributed by atoms with van der Waals surface area (Å²) in [4.78, 5) is 11.6. The molecule has 16 heavy (non-hydrogen) atoms. The third-order valence-corrected chi connectivity index (χ3v) is 2.23. The van der Waals surface area contributed by atoms with E-state index in [1.54, 1.807) is 22.9 Å². The molecule has 0 radical (unpaired) electrons. The molecule has 0 atom stereocenters. The highest BCUT2D eigenvalue weighted by molar-refractivity contribution is 6.04. The Labute approximate surface area is 93.2 Å². The molecule has 0 spiro atoms. The quantitative estimate of drug-likeness (QED) is 0.583. The minimum Gasteiger partial charge on any atom is -0.461 e. The number of furan rings is 1. The molecule has 0 N–H and O–H groups in total. The van der Waals surface area contributed by atoms with Crippen LogP contribution in [0.3, 0.4) is 0 Å². The van der Waals surface area contributed by atoms with E-state index in [0.29, 0.717) is 5.76 Å². The Bertz CT molecular complexity index is 521. The predicted octanol–water partition coefficient (Wildman–Crippen LogP) is 2.22. The van der Waals surface area contributed by atoms with Gasteiger partial charge in [-0.3, -0.25) is 9.48 Å². The standard InChI is InChI=1S/C12H12N2O2/c1-9-10(8-14(2)13-9)5-6-11(15)12-4-3-7-16-12/h3-8H,1-2H3. The first-order chi connectivity index (χ1) is 7.66. The number of hydrogen-bond acceptors (Lipinski definition) is 3. The highest BCUT2D eigenvalue weighted by Gasteiger charge is 2.05. The zero-order chi connectivity index (χ0) is 11.5. The topological polar surface area (TPSA) is 48.0 Å². The fourth-order valence-corrected chi connectivity index (χ4v) is 1.45. The molecule has 0 amide bonds. The van der Waals surface area contributed by atoms with Crippen LogP contribution in [0.4, 0.5) is 0 Å². The molecule has 0 aliphatic heterocycles. The van der Waals surface area contributed by atoms with Gasteiger partial charge in [-0.2, -0.15) is 5.10 Å². The summed E-state index contributed by atoms with van der Waals surface area (Å²) in [7, 11) is 1.85. The zero-order valence-corrected chi connectivity index (χ0v) is 9.18. The van der Waals surface area contributed by atoms with Crippen LogP contribution < -0.4 is 0 Å². The number of carbonyl (C=O) groups excluding carboxylic acids is 1. The van der Waals surface area contributed by atoms with Gasteiger partial charge in [0.05, 0.1) is 12.0 Å². The second kappa shape index (κ2) is 4.18. The highest BCUT2D eigenvalue weighted by atomic mass is 16.3. The number of nitrogens with zero attached hydrogens (tertiary/aromatic N) is 2. The summed E-state index contributed by atoms with van der Waals surface area (Å²) < 4.78 is 6.71. The zero-order valence-electron chi connectivity index (χ0n) is 9.18. The summed E-state index contributed by atoms with van der Waals surface area (Å²) in [5, 5.41) is 4.18. The summed E-state index contributed by atoms with van der Waals surface area (Å²) >= 11 is 0. The van der Waals surface area contributed by atoms with Gasteiger partial charge in [-0.05, 0) is 31.2 Å². The summed E-state index contributed by atoms with van der Waals surface area (Å²) in [6, 6.07) is 3.33. The first-order valence-electron chi connectivity index (χ1n) is 4.93. The van der Waals surface area contributed by atoms with Gasteiger partial charge in [0.2, 0.25) is 5.78 Å². The smallest absolute Gasteiger partial charge is 0.221 e. The second-order valence-corrected chi connectivity index (χ2v) is 3.52. The average Bonchev–Trinajstić information content (AvgIpc) is 2.84. The lowest BCUT2D eigenvalue weighted by Crippen LogP contribution is -1.90. The van der Waals surface area contributed by atoms with Gasteiger partial charge >= 0.3 is 0 Å². The monoisotopic (exact) mass is 216 g/mol. The SMILES string of the molecule is Cc1nn(C)cc1C=CC(=O)c1ccco1. The normalized spacial score (nSPS) is 11.1. The number of allylic oxidation sites excluding steroid dienone is 1. The highest BCUT2D eigenvalue weighted by Crippen LogP contribution is 2.09. The molecule has 0 saturated carbocycles. The molecular weight excluding hydrogens is 204 g/mol. The van der Waals surface area contributed by atoms with Crippen LogP contribution in [0.15, 0.2) is 35.1 Å². The van der Waals surface area contributed by atoms with Crippen molar-refractivity contribution in [2.45, 2.75) is 6.92 Å². The van der Waals surface area contributed by atoms with Gasteiger partial charge in [-0.25, -0.2) is 0 Å². The van der Waals surface area contributed by atoms with Crippen LogP contribution in [0.2, 0.25) is 0 Å². The van der Waals surface area contributed by atoms with E-state index in [0.717, 1.165) is 11.3 Å². The molecule has 2 rings (SSSR count). The van der Waals surface area contributed by atoms with Gasteiger partial charge in [0.1, 0.15) is 0 Å². The summed E-state index contributed by atoms with van der Waals surface area (Å²) in [6.07, 6.45) is 6.58. The predicted molar refractivity (Wildman–Crippen MR) is 60.0 cm³/mol. The summed E-state index contributed by atoms with van der Waals surface area (Å²) in [5.41, 5.74) is 1.83. The van der Waals surface area contributed by atoms with Crippen LogP contribution >= 0.6 is 0 Å². The van der Waals surface area contributed by atoms with Crippen molar-refractivity contribution in [3.8, 4) is 0 Å². The second-order valence-electron chi connectivity index (χ2n) is 3.52. The minimum atomic E-state index is -0.145. The number of hydrogen-bond donors (Lipinski definition) is 0. The number of aromatic nitrogens is 2. The molecule has 0 aromatic carbocycles. The number of aryl methyl sites for hydroxylation is 2. The maximum absolute atomic E-state index is 11.6. The van der Waals surface area contributed by atoms with E-state index in [4.69, 9.17) is 4.42 Å². The maximum atomic E-state index is 11.6. The van der Waals surface area contributed by atoms with E-state index in [9.17, 15) is 4.79 Å². The molecular formula is C12H12N2O2. The Balaban J connectivity index is 2.16. The minimum absolute atomic E-state index is 0.145. The number of rotatable bonds is 3. The van der Waals surface area contributed by atoms with E-state index >= 15 is 0 Å². The van der Waals surface area contributed by atoms with Crippen molar-refractivity contribution in [2.24, 2.45) is 7.05 Å². The van der Waals surface area contributed by atoms with Gasteiger partial charge in [0, 0.05) is 18.8 Å². The van der Waals surface area contributed by atoms with Crippen molar-refractivity contribution in [1.29, 1.82) is 0 Å². The van der Waals surface area contributed by atoms with Gasteiger partial charge in [0.15, 0.2) is 5.76 Å². The molecule has 0 saturated heterocycles. The lowest BCUT2D eigenvalue weighted by molar-refractivity contribution is 0.102. The Morgan fingerprint density at radius 2 is 2.38 bits per heavy atom. The van der Waals surface area contributed by atoms with Crippen LogP contribution in [0.5, 0.6) is 0 Å². The lowest BCUT2D eigenvalue weighted by atomic mass is 10.2. The molecule has 0 fully saturated rings. The van der Waals surface area contributed by atoms with E-state index < -0.39 is 0 Å². The molecule has 82 valence electrons. The third-order valence-electron chi connectivity index (χ3n) is 2.23. The van der Waals surface area contributed by atoms with Crippen molar-refractivity contribution >= 4 is 11.9 Å². The van der Waals surface area contributed by atoms with E-state index in [1.165, 1.54) is 12.3 Å². The molecule has 0 aliphatic rings. The third kappa shape index (κ3) is 2.11. The van der Waals surface area contributed by atoms with Gasteiger partial charge in [-0.15, -0.1) is 0 Å². The van der Waals surface area contributed by atoms with E-state index in [2.05, 4.69) is 5.10 Å². The van der Waals surface area contributed by atoms with Crippen LogP contribution in [-0.4, -0.2) is 15.6 Å². The van der Waals surface area contributed by atoms with Gasteiger partial charge in [-0.1, -0.05) is 0 Å². The lowest BCUT2D eigenvalue weighted by Gasteiger charge is -1.88. The largest absolute Gasteiger partial charge is 0.461 e. The van der Waals surface area contributed by atoms with Crippen LogP contribution in [0.25, 0.3) is 6.08 Å². The van der Waals surface area contributed by atoms with Crippen LogP contribution in [0.1, 0.15) is 21.8 Å². The number of ketones is 1. The average molecular weight is 216 g/mol. The summed E-state index contributed by atoms with van der Waals surface area (Å²) in [5.74, 6) is 0.200. The van der Waals surface area contributed by atoms with Gasteiger partial charge < -0.3 is 4.42 Å². The van der Waals surface area contributed by atoms with Crippen LogP contribution in [0, 0.1) is 6.92 Å². The first kappa shape index (κ1) is 10.4. The van der Waals surface area contributed by atoms with Crippen molar-refractivity contribution in [1.82, 2.24) is 9.78 Å². The Hall–Kier alpha value is -2.10. The molecule has 0 unspecified atom stereocenters. The maximum Gasteiger partial charge on any atom is 0.221 e. The summed E-state index contributed by atoms with van der Waals surface area (Å²) in [6.45, 7) is 1.90. The molecule has 2 aromatic rings. The fraction of sp³-hybridized carbons (Fsp3) is 0.167. The fourth-order valence-electron chi connectivity index (χ4n) is 1.45. The Kier molecular flexibility index (Phi) is 2.72. The van der Waals surface area contributed by atoms with Crippen molar-refractivity contribution in [3.05, 3.63) is 47.7 Å². The van der Waals surface area contributed by atoms with Crippen molar-refractivity contribution in [3.63, 3.8) is 0 Å². The Morgan fingerprint density at radius 1 is 1.56 bits per heavy atom. The van der Waals surface area contributed by atoms with Gasteiger partial charge in [0.25, 0.3) is 0 Å². The molecule has 0 aliphatic carbocycles. The molecule has 0 bridgehead atoms. The van der Waals surface area contributed by atoms with E-state index in [1.807, 2.05) is 20.2 Å². The molecule has 4 heteroatoms. The van der Waals surface area contributed by atoms with Crippen molar-refractivity contribution < 1.29 is 9.21 Å². The first-order valence-corrected chi connectivity index (χ1v) is 4.93. The molecule has 2 aromatic heterocycles. The molecule has 4 nitrogen and oxygen atoms in total. The van der Waals surface area contributed by atoms with Crippen LogP contribution in [-0.2, 0) is 7.05 Å². The molecule has 2 heterocycles. The van der Waals surface area contributed by atoms with Crippen molar-refractivity contribution in [2.75, 3.05) is 0 Å². The Morgan fingerprint density at radius 3 is 2.94 bits per heavy atom. The van der Waals surface area contributed by atoms with E-state index in [-0.39, 0.29) is 5.78 Å².